The molecule has 0 bridgehead atoms. The van der Waals surface area contributed by atoms with Gasteiger partial charge in [-0.3, -0.25) is 4.79 Å². The second-order valence-corrected chi connectivity index (χ2v) is 4.15. The summed E-state index contributed by atoms with van der Waals surface area (Å²) in [6.45, 7) is 1.66. The molecule has 0 spiro atoms. The van der Waals surface area contributed by atoms with Crippen LogP contribution in [0.1, 0.15) is 37.0 Å². The maximum Gasteiger partial charge on any atom is 0.314 e. The summed E-state index contributed by atoms with van der Waals surface area (Å²) in [5.74, 6) is -0.782. The second kappa shape index (κ2) is 3.35. The normalized spacial score (nSPS) is 19.6. The molecule has 1 aromatic rings. The van der Waals surface area contributed by atoms with Crippen LogP contribution in [0.3, 0.4) is 0 Å². The standard InChI is InChI=1S/C12H14O3/c1-8(13)9-4-2-3-5-10(9)12(6-7-12)11(14)15/h2-5,8,13H,6-7H2,1H3,(H,14,15). The molecule has 1 aliphatic carbocycles. The van der Waals surface area contributed by atoms with Crippen LogP contribution in [-0.4, -0.2) is 16.2 Å². The number of hydrogen-bond acceptors (Lipinski definition) is 2. The Hall–Kier alpha value is -1.35. The van der Waals surface area contributed by atoms with Gasteiger partial charge in [0.2, 0.25) is 0 Å². The van der Waals surface area contributed by atoms with Crippen molar-refractivity contribution in [1.29, 1.82) is 0 Å². The van der Waals surface area contributed by atoms with Gasteiger partial charge in [-0.15, -0.1) is 0 Å². The van der Waals surface area contributed by atoms with Crippen LogP contribution in [0.2, 0.25) is 0 Å². The Labute approximate surface area is 88.4 Å². The lowest BCUT2D eigenvalue weighted by atomic mass is 9.89. The van der Waals surface area contributed by atoms with Crippen LogP contribution in [-0.2, 0) is 10.2 Å². The van der Waals surface area contributed by atoms with Crippen LogP contribution >= 0.6 is 0 Å². The molecule has 15 heavy (non-hydrogen) atoms. The Morgan fingerprint density at radius 3 is 2.47 bits per heavy atom. The summed E-state index contributed by atoms with van der Waals surface area (Å²) >= 11 is 0. The predicted octanol–water partition coefficient (Wildman–Crippen LogP) is 1.86. The Kier molecular flexibility index (Phi) is 2.27. The topological polar surface area (TPSA) is 57.5 Å². The highest BCUT2D eigenvalue weighted by Gasteiger charge is 2.52. The molecule has 1 saturated carbocycles. The number of carboxylic acid groups (broad SMARTS) is 1. The molecule has 1 aromatic carbocycles. The van der Waals surface area contributed by atoms with Crippen molar-refractivity contribution in [2.24, 2.45) is 0 Å². The Morgan fingerprint density at radius 2 is 2.00 bits per heavy atom. The molecular formula is C12H14O3. The van der Waals surface area contributed by atoms with Crippen molar-refractivity contribution < 1.29 is 15.0 Å². The number of hydrogen-bond donors (Lipinski definition) is 2. The highest BCUT2D eigenvalue weighted by Crippen LogP contribution is 2.50. The van der Waals surface area contributed by atoms with Crippen molar-refractivity contribution in [3.05, 3.63) is 35.4 Å². The van der Waals surface area contributed by atoms with Crippen molar-refractivity contribution in [3.63, 3.8) is 0 Å². The van der Waals surface area contributed by atoms with Crippen LogP contribution in [0, 0.1) is 0 Å². The van der Waals surface area contributed by atoms with Gasteiger partial charge in [0.05, 0.1) is 11.5 Å². The Balaban J connectivity index is 2.49. The van der Waals surface area contributed by atoms with Gasteiger partial charge in [0.1, 0.15) is 0 Å². The van der Waals surface area contributed by atoms with Gasteiger partial charge in [-0.05, 0) is 30.9 Å². The third-order valence-electron chi connectivity index (χ3n) is 3.09. The minimum Gasteiger partial charge on any atom is -0.481 e. The lowest BCUT2D eigenvalue weighted by molar-refractivity contribution is -0.140. The zero-order valence-corrected chi connectivity index (χ0v) is 8.60. The van der Waals surface area contributed by atoms with E-state index in [2.05, 4.69) is 0 Å². The molecule has 0 aliphatic heterocycles. The molecule has 2 rings (SSSR count). The third-order valence-corrected chi connectivity index (χ3v) is 3.09. The summed E-state index contributed by atoms with van der Waals surface area (Å²) in [5, 5.41) is 18.8. The molecule has 80 valence electrons. The van der Waals surface area contributed by atoms with Crippen LogP contribution < -0.4 is 0 Å². The number of carboxylic acids is 1. The summed E-state index contributed by atoms with van der Waals surface area (Å²) in [4.78, 5) is 11.2. The molecule has 0 radical (unpaired) electrons. The van der Waals surface area contributed by atoms with Gasteiger partial charge in [-0.1, -0.05) is 24.3 Å². The lowest BCUT2D eigenvalue weighted by Crippen LogP contribution is -2.21. The van der Waals surface area contributed by atoms with Gasteiger partial charge in [-0.25, -0.2) is 0 Å². The molecule has 3 nitrogen and oxygen atoms in total. The minimum absolute atomic E-state index is 0.613. The van der Waals surface area contributed by atoms with E-state index in [1.165, 1.54) is 0 Å². The molecule has 0 aromatic heterocycles. The SMILES string of the molecule is CC(O)c1ccccc1C1(C(=O)O)CC1. The van der Waals surface area contributed by atoms with Crippen LogP contribution in [0.4, 0.5) is 0 Å². The molecule has 0 saturated heterocycles. The Bertz CT molecular complexity index is 392. The zero-order chi connectivity index (χ0) is 11.1. The van der Waals surface area contributed by atoms with E-state index < -0.39 is 17.5 Å². The molecular weight excluding hydrogens is 192 g/mol. The zero-order valence-electron chi connectivity index (χ0n) is 8.60. The summed E-state index contributed by atoms with van der Waals surface area (Å²) in [7, 11) is 0. The monoisotopic (exact) mass is 206 g/mol. The van der Waals surface area contributed by atoms with Gasteiger partial charge in [-0.2, -0.15) is 0 Å². The first-order valence-electron chi connectivity index (χ1n) is 5.09. The lowest BCUT2D eigenvalue weighted by Gasteiger charge is -2.17. The first-order valence-corrected chi connectivity index (χ1v) is 5.09. The van der Waals surface area contributed by atoms with Gasteiger partial charge in [0, 0.05) is 0 Å². The highest BCUT2D eigenvalue weighted by molar-refractivity contribution is 5.85. The molecule has 1 unspecified atom stereocenters. The maximum atomic E-state index is 11.2. The van der Waals surface area contributed by atoms with Gasteiger partial charge < -0.3 is 10.2 Å². The van der Waals surface area contributed by atoms with Gasteiger partial charge in [0.15, 0.2) is 0 Å². The smallest absolute Gasteiger partial charge is 0.314 e. The van der Waals surface area contributed by atoms with E-state index in [0.29, 0.717) is 12.8 Å². The first kappa shape index (κ1) is 10.2. The van der Waals surface area contributed by atoms with E-state index in [4.69, 9.17) is 0 Å². The van der Waals surface area contributed by atoms with Crippen LogP contribution in [0.25, 0.3) is 0 Å². The average Bonchev–Trinajstić information content (AvgIpc) is 2.98. The summed E-state index contributed by atoms with van der Waals surface area (Å²) in [6.07, 6.45) is 0.732. The first-order chi connectivity index (χ1) is 7.08. The molecule has 0 amide bonds. The summed E-state index contributed by atoms with van der Waals surface area (Å²) < 4.78 is 0. The number of carbonyl (C=O) groups is 1. The van der Waals surface area contributed by atoms with Crippen LogP contribution in [0.15, 0.2) is 24.3 Å². The van der Waals surface area contributed by atoms with Crippen LogP contribution in [0.5, 0.6) is 0 Å². The molecule has 1 fully saturated rings. The molecule has 1 aliphatic rings. The highest BCUT2D eigenvalue weighted by atomic mass is 16.4. The number of benzene rings is 1. The molecule has 0 heterocycles. The van der Waals surface area contributed by atoms with E-state index in [1.807, 2.05) is 18.2 Å². The minimum atomic E-state index is -0.782. The molecule has 3 heteroatoms. The number of aliphatic hydroxyl groups excluding tert-OH is 1. The largest absolute Gasteiger partial charge is 0.481 e. The van der Waals surface area contributed by atoms with Gasteiger partial charge in [0.25, 0.3) is 0 Å². The number of aliphatic carboxylic acids is 1. The van der Waals surface area contributed by atoms with Crippen molar-refractivity contribution in [1.82, 2.24) is 0 Å². The van der Waals surface area contributed by atoms with Crippen molar-refractivity contribution in [3.8, 4) is 0 Å². The quantitative estimate of drug-likeness (QED) is 0.793. The fourth-order valence-corrected chi connectivity index (χ4v) is 2.02. The van der Waals surface area contributed by atoms with E-state index in [9.17, 15) is 15.0 Å². The van der Waals surface area contributed by atoms with Gasteiger partial charge >= 0.3 is 5.97 Å². The third kappa shape index (κ3) is 1.53. The van der Waals surface area contributed by atoms with E-state index in [-0.39, 0.29) is 0 Å². The average molecular weight is 206 g/mol. The molecule has 2 N–H and O–H groups in total. The van der Waals surface area contributed by atoms with Crippen molar-refractivity contribution in [2.45, 2.75) is 31.3 Å². The number of rotatable bonds is 3. The number of aliphatic hydroxyl groups is 1. The fraction of sp³-hybridized carbons (Fsp3) is 0.417. The Morgan fingerprint density at radius 1 is 1.40 bits per heavy atom. The maximum absolute atomic E-state index is 11.2. The second-order valence-electron chi connectivity index (χ2n) is 4.15. The summed E-state index contributed by atoms with van der Waals surface area (Å²) in [5.41, 5.74) is 0.776. The van der Waals surface area contributed by atoms with E-state index in [0.717, 1.165) is 11.1 Å². The summed E-state index contributed by atoms with van der Waals surface area (Å²) in [6, 6.07) is 7.25. The predicted molar refractivity (Wildman–Crippen MR) is 55.6 cm³/mol. The van der Waals surface area contributed by atoms with E-state index in [1.54, 1.807) is 13.0 Å². The van der Waals surface area contributed by atoms with Crippen molar-refractivity contribution >= 4 is 5.97 Å². The van der Waals surface area contributed by atoms with E-state index >= 15 is 0 Å². The molecule has 1 atom stereocenters. The van der Waals surface area contributed by atoms with Crippen molar-refractivity contribution in [2.75, 3.05) is 0 Å². The fourth-order valence-electron chi connectivity index (χ4n) is 2.02.